The minimum atomic E-state index is 0.291. The first-order chi connectivity index (χ1) is 5.65. The van der Waals surface area contributed by atoms with Gasteiger partial charge in [0.1, 0.15) is 0 Å². The van der Waals surface area contributed by atoms with Crippen molar-refractivity contribution in [2.24, 2.45) is 5.73 Å². The zero-order valence-corrected chi connectivity index (χ0v) is 9.41. The molecule has 1 saturated carbocycles. The molecule has 1 nitrogen and oxygen atoms in total. The molecule has 0 saturated heterocycles. The van der Waals surface area contributed by atoms with Gasteiger partial charge in [-0.1, -0.05) is 0 Å². The lowest BCUT2D eigenvalue weighted by atomic mass is 9.92. The summed E-state index contributed by atoms with van der Waals surface area (Å²) in [7, 11) is 0. The molecule has 0 amide bonds. The van der Waals surface area contributed by atoms with Crippen LogP contribution in [0.15, 0.2) is 15.2 Å². The van der Waals surface area contributed by atoms with Gasteiger partial charge >= 0.3 is 0 Å². The van der Waals surface area contributed by atoms with Gasteiger partial charge in [-0.15, -0.1) is 11.3 Å². The minimum absolute atomic E-state index is 0.291. The third kappa shape index (κ3) is 1.24. The van der Waals surface area contributed by atoms with Crippen molar-refractivity contribution < 1.29 is 0 Å². The van der Waals surface area contributed by atoms with E-state index in [0.29, 0.717) is 11.5 Å². The van der Waals surface area contributed by atoms with Crippen LogP contribution in [-0.4, -0.2) is 6.04 Å². The monoisotopic (exact) mass is 245 g/mol. The Hall–Kier alpha value is 0.140. The van der Waals surface area contributed by atoms with Crippen molar-refractivity contribution in [3.63, 3.8) is 0 Å². The van der Waals surface area contributed by atoms with Crippen LogP contribution in [0, 0.1) is 0 Å². The molecular formula is C9H12BrNS. The number of thiophene rings is 1. The summed E-state index contributed by atoms with van der Waals surface area (Å²) in [5.41, 5.74) is 7.71. The molecule has 0 bridgehead atoms. The van der Waals surface area contributed by atoms with Crippen molar-refractivity contribution in [2.75, 3.05) is 0 Å². The lowest BCUT2D eigenvalue weighted by Gasteiger charge is -2.17. The maximum Gasteiger partial charge on any atom is 0.0701 e. The van der Waals surface area contributed by atoms with Crippen LogP contribution in [0.2, 0.25) is 0 Å². The highest BCUT2D eigenvalue weighted by Gasteiger charge is 2.47. The average molecular weight is 246 g/mol. The van der Waals surface area contributed by atoms with Crippen molar-refractivity contribution in [3.05, 3.63) is 20.8 Å². The van der Waals surface area contributed by atoms with Gasteiger partial charge in [-0.2, -0.15) is 0 Å². The van der Waals surface area contributed by atoms with Gasteiger partial charge in [-0.05, 0) is 52.7 Å². The lowest BCUT2D eigenvalue weighted by Crippen LogP contribution is -2.31. The summed E-state index contributed by atoms with van der Waals surface area (Å²) < 4.78 is 1.21. The Balaban J connectivity index is 2.30. The molecule has 2 rings (SSSR count). The van der Waals surface area contributed by atoms with Gasteiger partial charge in [0, 0.05) is 11.5 Å². The maximum atomic E-state index is 5.96. The van der Waals surface area contributed by atoms with Gasteiger partial charge in [0.05, 0.1) is 3.79 Å². The summed E-state index contributed by atoms with van der Waals surface area (Å²) in [6, 6.07) is 2.50. The minimum Gasteiger partial charge on any atom is -0.327 e. The fraction of sp³-hybridized carbons (Fsp3) is 0.556. The van der Waals surface area contributed by atoms with Crippen LogP contribution in [0.4, 0.5) is 0 Å². The summed E-state index contributed by atoms with van der Waals surface area (Å²) in [4.78, 5) is 0. The first kappa shape index (κ1) is 8.73. The molecule has 12 heavy (non-hydrogen) atoms. The van der Waals surface area contributed by atoms with E-state index >= 15 is 0 Å². The summed E-state index contributed by atoms with van der Waals surface area (Å²) in [5, 5.41) is 2.22. The van der Waals surface area contributed by atoms with Crippen molar-refractivity contribution in [1.29, 1.82) is 0 Å². The largest absolute Gasteiger partial charge is 0.327 e. The second-order valence-corrected chi connectivity index (χ2v) is 5.87. The molecule has 1 atom stereocenters. The average Bonchev–Trinajstić information content (AvgIpc) is 2.71. The van der Waals surface area contributed by atoms with Crippen molar-refractivity contribution >= 4 is 27.3 Å². The Labute approximate surface area is 85.1 Å². The van der Waals surface area contributed by atoms with E-state index in [1.807, 2.05) is 0 Å². The highest BCUT2D eigenvalue weighted by Crippen LogP contribution is 2.51. The van der Waals surface area contributed by atoms with E-state index in [4.69, 9.17) is 5.73 Å². The number of nitrogens with two attached hydrogens (primary N) is 1. The Bertz CT molecular complexity index is 288. The van der Waals surface area contributed by atoms with E-state index in [9.17, 15) is 0 Å². The van der Waals surface area contributed by atoms with Gasteiger partial charge in [0.25, 0.3) is 0 Å². The first-order valence-electron chi connectivity index (χ1n) is 4.15. The molecule has 66 valence electrons. The molecule has 1 unspecified atom stereocenters. The SMILES string of the molecule is CC(N)C1(c2csc(Br)c2)CC1. The second kappa shape index (κ2) is 2.82. The molecule has 0 aromatic carbocycles. The number of hydrogen-bond acceptors (Lipinski definition) is 2. The molecule has 1 aromatic rings. The van der Waals surface area contributed by atoms with E-state index in [1.54, 1.807) is 11.3 Å². The molecule has 3 heteroatoms. The standard InChI is InChI=1S/C9H12BrNS/c1-6(11)9(2-3-9)7-4-8(10)12-5-7/h4-6H,2-3,11H2,1H3. The molecule has 0 spiro atoms. The third-order valence-electron chi connectivity index (χ3n) is 2.80. The fourth-order valence-corrected chi connectivity index (χ4v) is 2.98. The first-order valence-corrected chi connectivity index (χ1v) is 5.82. The van der Waals surface area contributed by atoms with Crippen LogP contribution >= 0.6 is 27.3 Å². The van der Waals surface area contributed by atoms with Crippen molar-refractivity contribution in [1.82, 2.24) is 0 Å². The fourth-order valence-electron chi connectivity index (χ4n) is 1.71. The topological polar surface area (TPSA) is 26.0 Å². The highest BCUT2D eigenvalue weighted by atomic mass is 79.9. The Morgan fingerprint density at radius 1 is 1.67 bits per heavy atom. The number of rotatable bonds is 2. The van der Waals surface area contributed by atoms with Crippen LogP contribution in [0.5, 0.6) is 0 Å². The smallest absolute Gasteiger partial charge is 0.0701 e. The quantitative estimate of drug-likeness (QED) is 0.853. The third-order valence-corrected chi connectivity index (χ3v) is 4.31. The van der Waals surface area contributed by atoms with Crippen LogP contribution < -0.4 is 5.73 Å². The van der Waals surface area contributed by atoms with E-state index in [1.165, 1.54) is 22.2 Å². The van der Waals surface area contributed by atoms with E-state index in [0.717, 1.165) is 0 Å². The molecule has 1 aliphatic carbocycles. The van der Waals surface area contributed by atoms with Gasteiger partial charge in [-0.3, -0.25) is 0 Å². The van der Waals surface area contributed by atoms with Crippen molar-refractivity contribution in [3.8, 4) is 0 Å². The van der Waals surface area contributed by atoms with Gasteiger partial charge in [-0.25, -0.2) is 0 Å². The molecule has 0 aliphatic heterocycles. The summed E-state index contributed by atoms with van der Waals surface area (Å²) in [6.45, 7) is 2.11. The normalized spacial score (nSPS) is 22.2. The maximum absolute atomic E-state index is 5.96. The molecule has 0 radical (unpaired) electrons. The molecule has 1 aliphatic rings. The molecule has 1 fully saturated rings. The van der Waals surface area contributed by atoms with Gasteiger partial charge in [0.15, 0.2) is 0 Å². The predicted molar refractivity (Wildman–Crippen MR) is 56.6 cm³/mol. The summed E-state index contributed by atoms with van der Waals surface area (Å²) >= 11 is 5.23. The summed E-state index contributed by atoms with van der Waals surface area (Å²) in [5.74, 6) is 0. The highest BCUT2D eigenvalue weighted by molar-refractivity contribution is 9.11. The van der Waals surface area contributed by atoms with Crippen LogP contribution in [0.3, 0.4) is 0 Å². The molecule has 2 N–H and O–H groups in total. The zero-order chi connectivity index (χ0) is 8.77. The second-order valence-electron chi connectivity index (χ2n) is 3.58. The molecular weight excluding hydrogens is 234 g/mol. The molecule has 1 heterocycles. The summed E-state index contributed by atoms with van der Waals surface area (Å²) in [6.07, 6.45) is 2.52. The molecule has 1 aromatic heterocycles. The van der Waals surface area contributed by atoms with E-state index in [-0.39, 0.29) is 0 Å². The number of hydrogen-bond donors (Lipinski definition) is 1. The Morgan fingerprint density at radius 3 is 2.67 bits per heavy atom. The Morgan fingerprint density at radius 2 is 2.33 bits per heavy atom. The zero-order valence-electron chi connectivity index (χ0n) is 7.01. The van der Waals surface area contributed by atoms with Crippen LogP contribution in [-0.2, 0) is 5.41 Å². The lowest BCUT2D eigenvalue weighted by molar-refractivity contribution is 0.558. The number of halogens is 1. The van der Waals surface area contributed by atoms with Gasteiger partial charge in [0.2, 0.25) is 0 Å². The van der Waals surface area contributed by atoms with E-state index in [2.05, 4.69) is 34.3 Å². The van der Waals surface area contributed by atoms with Crippen LogP contribution in [0.1, 0.15) is 25.3 Å². The Kier molecular flexibility index (Phi) is 2.05. The van der Waals surface area contributed by atoms with Crippen LogP contribution in [0.25, 0.3) is 0 Å². The van der Waals surface area contributed by atoms with Gasteiger partial charge < -0.3 is 5.73 Å². The van der Waals surface area contributed by atoms with E-state index < -0.39 is 0 Å². The predicted octanol–water partition coefficient (Wildman–Crippen LogP) is 2.89. The van der Waals surface area contributed by atoms with Crippen molar-refractivity contribution in [2.45, 2.75) is 31.2 Å².